The fourth-order valence-electron chi connectivity index (χ4n) is 0.663. The van der Waals surface area contributed by atoms with E-state index in [9.17, 15) is 13.2 Å². The van der Waals surface area contributed by atoms with E-state index in [0.717, 1.165) is 6.42 Å². The predicted octanol–water partition coefficient (Wildman–Crippen LogP) is -1.32. The van der Waals surface area contributed by atoms with Gasteiger partial charge in [-0.05, 0) is 6.42 Å². The lowest BCUT2D eigenvalue weighted by molar-refractivity contribution is -0.108. The second-order valence-corrected chi connectivity index (χ2v) is 3.70. The predicted molar refractivity (Wildman–Crippen MR) is 34.3 cm³/mol. The van der Waals surface area contributed by atoms with Gasteiger partial charge >= 0.3 is 10.2 Å². The Morgan fingerprint density at radius 1 is 1.40 bits per heavy atom. The molecule has 6 heteroatoms. The Morgan fingerprint density at radius 3 is 2.30 bits per heavy atom. The highest BCUT2D eigenvalue weighted by atomic mass is 32.2. The molecule has 1 N–H and O–H groups in total. The largest absolute Gasteiger partial charge is 0.303 e. The Balaban J connectivity index is 2.58. The van der Waals surface area contributed by atoms with Gasteiger partial charge in [-0.15, -0.1) is 0 Å². The van der Waals surface area contributed by atoms with Gasteiger partial charge in [-0.2, -0.15) is 12.7 Å². The quantitative estimate of drug-likeness (QED) is 0.526. The molecule has 0 aromatic rings. The third-order valence-corrected chi connectivity index (χ3v) is 2.79. The van der Waals surface area contributed by atoms with Crippen LogP contribution in [-0.2, 0) is 15.0 Å². The van der Waals surface area contributed by atoms with E-state index in [-0.39, 0.29) is 6.41 Å². The van der Waals surface area contributed by atoms with E-state index >= 15 is 0 Å². The van der Waals surface area contributed by atoms with Crippen molar-refractivity contribution in [1.82, 2.24) is 9.03 Å². The second kappa shape index (κ2) is 2.55. The van der Waals surface area contributed by atoms with Crippen molar-refractivity contribution in [3.8, 4) is 0 Å². The molecule has 1 heterocycles. The maximum Gasteiger partial charge on any atom is 0.303 e. The highest BCUT2D eigenvalue weighted by Gasteiger charge is 2.26. The van der Waals surface area contributed by atoms with Crippen LogP contribution < -0.4 is 4.72 Å². The van der Waals surface area contributed by atoms with Gasteiger partial charge in [0.1, 0.15) is 0 Å². The summed E-state index contributed by atoms with van der Waals surface area (Å²) in [5.41, 5.74) is 0. The molecule has 58 valence electrons. The minimum Gasteiger partial charge on any atom is -0.278 e. The molecule has 10 heavy (non-hydrogen) atoms. The van der Waals surface area contributed by atoms with Gasteiger partial charge in [0.15, 0.2) is 0 Å². The average molecular weight is 164 g/mol. The third-order valence-electron chi connectivity index (χ3n) is 1.35. The minimum absolute atomic E-state index is 0.174. The van der Waals surface area contributed by atoms with Gasteiger partial charge in [-0.3, -0.25) is 4.79 Å². The van der Waals surface area contributed by atoms with Crippen LogP contribution in [0.25, 0.3) is 0 Å². The topological polar surface area (TPSA) is 66.5 Å². The Morgan fingerprint density at radius 2 is 2.00 bits per heavy atom. The lowest BCUT2D eigenvalue weighted by atomic mass is 10.3. The Hall–Kier alpha value is -0.620. The van der Waals surface area contributed by atoms with E-state index < -0.39 is 10.2 Å². The van der Waals surface area contributed by atoms with Gasteiger partial charge in [0.25, 0.3) is 0 Å². The molecule has 1 saturated heterocycles. The number of carbonyl (C=O) groups is 1. The Bertz CT molecular complexity index is 219. The molecule has 1 aliphatic rings. The summed E-state index contributed by atoms with van der Waals surface area (Å²) in [5.74, 6) is 0. The minimum atomic E-state index is -3.46. The highest BCUT2D eigenvalue weighted by molar-refractivity contribution is 7.87. The van der Waals surface area contributed by atoms with Crippen LogP contribution in [-0.4, -0.2) is 32.2 Å². The molecule has 0 aliphatic carbocycles. The van der Waals surface area contributed by atoms with Crippen LogP contribution in [0.1, 0.15) is 6.42 Å². The second-order valence-electron chi connectivity index (χ2n) is 1.99. The molecule has 1 aliphatic heterocycles. The standard InChI is InChI=1S/C4H8N2O3S/c7-4-5-10(8,9)6-2-1-3-6/h4H,1-3H2,(H,5,7). The zero-order chi connectivity index (χ0) is 7.61. The number of nitrogens with one attached hydrogen (secondary N) is 1. The van der Waals surface area contributed by atoms with Crippen molar-refractivity contribution < 1.29 is 13.2 Å². The van der Waals surface area contributed by atoms with Crippen LogP contribution in [0.3, 0.4) is 0 Å². The van der Waals surface area contributed by atoms with Crippen molar-refractivity contribution in [1.29, 1.82) is 0 Å². The van der Waals surface area contributed by atoms with E-state index in [4.69, 9.17) is 0 Å². The van der Waals surface area contributed by atoms with Crippen LogP contribution in [0.2, 0.25) is 0 Å². The third kappa shape index (κ3) is 1.27. The van der Waals surface area contributed by atoms with Crippen molar-refractivity contribution in [2.45, 2.75) is 6.42 Å². The number of hydrogen-bond acceptors (Lipinski definition) is 3. The first-order valence-electron chi connectivity index (χ1n) is 2.88. The molecule has 0 saturated carbocycles. The summed E-state index contributed by atoms with van der Waals surface area (Å²) in [5, 5.41) is 0. The SMILES string of the molecule is O=CNS(=O)(=O)N1CCC1. The summed E-state index contributed by atoms with van der Waals surface area (Å²) < 4.78 is 24.5. The van der Waals surface area contributed by atoms with Crippen molar-refractivity contribution >= 4 is 16.6 Å². The van der Waals surface area contributed by atoms with E-state index in [1.807, 2.05) is 0 Å². The van der Waals surface area contributed by atoms with E-state index in [1.165, 1.54) is 4.31 Å². The smallest absolute Gasteiger partial charge is 0.278 e. The summed E-state index contributed by atoms with van der Waals surface area (Å²) in [6.45, 7) is 1.03. The van der Waals surface area contributed by atoms with Gasteiger partial charge in [-0.1, -0.05) is 0 Å². The number of carbonyl (C=O) groups excluding carboxylic acids is 1. The highest BCUT2D eigenvalue weighted by Crippen LogP contribution is 2.09. The summed E-state index contributed by atoms with van der Waals surface area (Å²) in [6.07, 6.45) is 1.05. The molecular formula is C4H8N2O3S. The molecule has 0 aromatic heterocycles. The molecular weight excluding hydrogens is 156 g/mol. The van der Waals surface area contributed by atoms with Crippen LogP contribution in [0.4, 0.5) is 0 Å². The molecule has 0 unspecified atom stereocenters. The summed E-state index contributed by atoms with van der Waals surface area (Å²) in [6, 6.07) is 0. The first-order chi connectivity index (χ1) is 4.67. The molecule has 1 rings (SSSR count). The monoisotopic (exact) mass is 164 g/mol. The number of amides is 1. The van der Waals surface area contributed by atoms with Gasteiger partial charge in [0.05, 0.1) is 0 Å². The van der Waals surface area contributed by atoms with Gasteiger partial charge in [0.2, 0.25) is 6.41 Å². The van der Waals surface area contributed by atoms with E-state index in [1.54, 1.807) is 4.72 Å². The molecule has 1 fully saturated rings. The fraction of sp³-hybridized carbons (Fsp3) is 0.750. The Labute approximate surface area is 59.2 Å². The zero-order valence-electron chi connectivity index (χ0n) is 5.28. The molecule has 0 spiro atoms. The van der Waals surface area contributed by atoms with E-state index in [0.29, 0.717) is 13.1 Å². The van der Waals surface area contributed by atoms with Gasteiger partial charge in [0, 0.05) is 13.1 Å². The lowest BCUT2D eigenvalue weighted by Gasteiger charge is -2.28. The van der Waals surface area contributed by atoms with Gasteiger partial charge in [-0.25, -0.2) is 4.72 Å². The summed E-state index contributed by atoms with van der Waals surface area (Å²) in [4.78, 5) is 9.75. The summed E-state index contributed by atoms with van der Waals surface area (Å²) in [7, 11) is -3.46. The molecule has 1 amide bonds. The normalized spacial score (nSPS) is 19.6. The van der Waals surface area contributed by atoms with Crippen LogP contribution in [0.5, 0.6) is 0 Å². The van der Waals surface area contributed by atoms with Crippen LogP contribution in [0.15, 0.2) is 0 Å². The lowest BCUT2D eigenvalue weighted by Crippen LogP contribution is -2.47. The Kier molecular flexibility index (Phi) is 1.91. The van der Waals surface area contributed by atoms with Crippen molar-refractivity contribution in [3.63, 3.8) is 0 Å². The average Bonchev–Trinajstić information content (AvgIpc) is 1.56. The van der Waals surface area contributed by atoms with Crippen LogP contribution >= 0.6 is 0 Å². The van der Waals surface area contributed by atoms with Crippen molar-refractivity contribution in [2.24, 2.45) is 0 Å². The van der Waals surface area contributed by atoms with E-state index in [2.05, 4.69) is 0 Å². The maximum absolute atomic E-state index is 10.8. The molecule has 0 aromatic carbocycles. The zero-order valence-corrected chi connectivity index (χ0v) is 6.10. The van der Waals surface area contributed by atoms with Gasteiger partial charge < -0.3 is 0 Å². The first kappa shape index (κ1) is 7.49. The molecule has 0 bridgehead atoms. The summed E-state index contributed by atoms with van der Waals surface area (Å²) >= 11 is 0. The molecule has 5 nitrogen and oxygen atoms in total. The number of nitrogens with zero attached hydrogens (tertiary/aromatic N) is 1. The van der Waals surface area contributed by atoms with Crippen LogP contribution in [0, 0.1) is 0 Å². The first-order valence-corrected chi connectivity index (χ1v) is 4.32. The molecule has 0 radical (unpaired) electrons. The van der Waals surface area contributed by atoms with Crippen molar-refractivity contribution in [2.75, 3.05) is 13.1 Å². The fourth-order valence-corrected chi connectivity index (χ4v) is 1.67. The maximum atomic E-state index is 10.8. The van der Waals surface area contributed by atoms with Crippen molar-refractivity contribution in [3.05, 3.63) is 0 Å². The number of rotatable bonds is 3. The molecule has 0 atom stereocenters. The number of hydrogen-bond donors (Lipinski definition) is 1.